The molecule has 0 heterocycles. The molecule has 6 heteroatoms. The van der Waals surface area contributed by atoms with E-state index in [4.69, 9.17) is 11.6 Å². The number of benzene rings is 1. The Morgan fingerprint density at radius 3 is 2.47 bits per heavy atom. The Labute approximate surface area is 100 Å². The summed E-state index contributed by atoms with van der Waals surface area (Å²) in [6.07, 6.45) is -1.99. The zero-order valence-corrected chi connectivity index (χ0v) is 9.27. The Balaban J connectivity index is 2.49. The van der Waals surface area contributed by atoms with Crippen LogP contribution in [0.4, 0.5) is 13.2 Å². The highest BCUT2D eigenvalue weighted by Crippen LogP contribution is 2.50. The Morgan fingerprint density at radius 1 is 1.35 bits per heavy atom. The summed E-state index contributed by atoms with van der Waals surface area (Å²) in [5, 5.41) is -0.355. The molecule has 0 aromatic heterocycles. The highest BCUT2D eigenvalue weighted by Gasteiger charge is 2.46. The number of halogens is 4. The second-order valence-electron chi connectivity index (χ2n) is 3.93. The summed E-state index contributed by atoms with van der Waals surface area (Å²) in [6.45, 7) is 0. The van der Waals surface area contributed by atoms with Gasteiger partial charge in [0.05, 0.1) is 16.1 Å². The van der Waals surface area contributed by atoms with E-state index in [2.05, 4.69) is 4.99 Å². The third-order valence-electron chi connectivity index (χ3n) is 2.79. The van der Waals surface area contributed by atoms with Crippen LogP contribution in [0.15, 0.2) is 23.2 Å². The summed E-state index contributed by atoms with van der Waals surface area (Å²) in [7, 11) is 0. The van der Waals surface area contributed by atoms with Gasteiger partial charge in [-0.15, -0.1) is 0 Å². The lowest BCUT2D eigenvalue weighted by atomic mass is 10.0. The normalized spacial score (nSPS) is 17.4. The van der Waals surface area contributed by atoms with Gasteiger partial charge in [-0.25, -0.2) is 4.79 Å². The minimum atomic E-state index is -4.51. The van der Waals surface area contributed by atoms with E-state index in [0.29, 0.717) is 18.4 Å². The van der Waals surface area contributed by atoms with Gasteiger partial charge < -0.3 is 0 Å². The first kappa shape index (κ1) is 12.1. The van der Waals surface area contributed by atoms with Gasteiger partial charge in [0.2, 0.25) is 6.08 Å². The van der Waals surface area contributed by atoms with Crippen LogP contribution in [0.1, 0.15) is 24.0 Å². The lowest BCUT2D eigenvalue weighted by Crippen LogP contribution is -2.09. The van der Waals surface area contributed by atoms with Gasteiger partial charge in [-0.2, -0.15) is 18.2 Å². The molecule has 0 bridgehead atoms. The highest BCUT2D eigenvalue weighted by molar-refractivity contribution is 6.31. The van der Waals surface area contributed by atoms with Crippen molar-refractivity contribution in [2.75, 3.05) is 0 Å². The van der Waals surface area contributed by atoms with Crippen molar-refractivity contribution in [2.24, 2.45) is 4.99 Å². The number of hydrogen-bond acceptors (Lipinski definition) is 2. The van der Waals surface area contributed by atoms with E-state index < -0.39 is 17.3 Å². The van der Waals surface area contributed by atoms with Gasteiger partial charge in [0, 0.05) is 0 Å². The Morgan fingerprint density at radius 2 is 2.00 bits per heavy atom. The lowest BCUT2D eigenvalue weighted by molar-refractivity contribution is -0.137. The SMILES string of the molecule is O=C=NC1(c2ccc(Cl)c(C(F)(F)F)c2)CC1. The molecule has 0 N–H and O–H groups in total. The van der Waals surface area contributed by atoms with Crippen molar-refractivity contribution < 1.29 is 18.0 Å². The number of isocyanates is 1. The number of nitrogens with zero attached hydrogens (tertiary/aromatic N) is 1. The van der Waals surface area contributed by atoms with Crippen LogP contribution < -0.4 is 0 Å². The topological polar surface area (TPSA) is 29.4 Å². The van der Waals surface area contributed by atoms with Gasteiger partial charge in [0.15, 0.2) is 0 Å². The van der Waals surface area contributed by atoms with Crippen LogP contribution in [-0.2, 0) is 16.5 Å². The molecule has 0 radical (unpaired) electrons. The molecule has 0 unspecified atom stereocenters. The molecule has 2 nitrogen and oxygen atoms in total. The molecule has 0 aliphatic heterocycles. The maximum atomic E-state index is 12.6. The van der Waals surface area contributed by atoms with Crippen molar-refractivity contribution in [3.8, 4) is 0 Å². The van der Waals surface area contributed by atoms with E-state index in [1.807, 2.05) is 0 Å². The van der Waals surface area contributed by atoms with Crippen molar-refractivity contribution in [3.05, 3.63) is 34.3 Å². The summed E-state index contributed by atoms with van der Waals surface area (Å²) in [5.41, 5.74) is -1.35. The van der Waals surface area contributed by atoms with Crippen LogP contribution in [0.25, 0.3) is 0 Å². The smallest absolute Gasteiger partial charge is 0.211 e. The maximum absolute atomic E-state index is 12.6. The summed E-state index contributed by atoms with van der Waals surface area (Å²) in [6, 6.07) is 3.60. The minimum absolute atomic E-state index is 0.355. The second kappa shape index (κ2) is 3.86. The first-order valence-corrected chi connectivity index (χ1v) is 5.23. The van der Waals surface area contributed by atoms with Crippen molar-refractivity contribution in [1.82, 2.24) is 0 Å². The van der Waals surface area contributed by atoms with Crippen LogP contribution in [0.5, 0.6) is 0 Å². The van der Waals surface area contributed by atoms with Crippen molar-refractivity contribution in [2.45, 2.75) is 24.6 Å². The first-order valence-electron chi connectivity index (χ1n) is 4.85. The van der Waals surface area contributed by atoms with Gasteiger partial charge in [0.25, 0.3) is 0 Å². The van der Waals surface area contributed by atoms with Crippen molar-refractivity contribution in [1.29, 1.82) is 0 Å². The molecule has 1 aromatic rings. The number of hydrogen-bond donors (Lipinski definition) is 0. The third kappa shape index (κ3) is 2.21. The first-order chi connectivity index (χ1) is 7.89. The molecule has 1 saturated carbocycles. The zero-order chi connectivity index (χ0) is 12.7. The fourth-order valence-electron chi connectivity index (χ4n) is 1.70. The Bertz CT molecular complexity index is 502. The molecule has 17 heavy (non-hydrogen) atoms. The van der Waals surface area contributed by atoms with Gasteiger partial charge in [0.1, 0.15) is 0 Å². The molecule has 90 valence electrons. The molecule has 1 aromatic carbocycles. The number of alkyl halides is 3. The van der Waals surface area contributed by atoms with Crippen LogP contribution in [0, 0.1) is 0 Å². The predicted octanol–water partition coefficient (Wildman–Crippen LogP) is 3.68. The third-order valence-corrected chi connectivity index (χ3v) is 3.12. The van der Waals surface area contributed by atoms with Gasteiger partial charge in [-0.3, -0.25) is 0 Å². The maximum Gasteiger partial charge on any atom is 0.417 e. The van der Waals surface area contributed by atoms with E-state index >= 15 is 0 Å². The number of aliphatic imine (C=N–C) groups is 1. The molecule has 2 rings (SSSR count). The minimum Gasteiger partial charge on any atom is -0.211 e. The zero-order valence-electron chi connectivity index (χ0n) is 8.51. The number of carbonyl (C=O) groups excluding carboxylic acids is 1. The molecule has 1 fully saturated rings. The van der Waals surface area contributed by atoms with Gasteiger partial charge in [-0.05, 0) is 30.5 Å². The number of rotatable bonds is 2. The lowest BCUT2D eigenvalue weighted by Gasteiger charge is -2.13. The molecule has 0 atom stereocenters. The molecule has 0 spiro atoms. The van der Waals surface area contributed by atoms with E-state index in [1.54, 1.807) is 0 Å². The molecule has 1 aliphatic rings. The fraction of sp³-hybridized carbons (Fsp3) is 0.364. The van der Waals surface area contributed by atoms with E-state index in [0.717, 1.165) is 6.07 Å². The van der Waals surface area contributed by atoms with Gasteiger partial charge >= 0.3 is 6.18 Å². The molecule has 1 aliphatic carbocycles. The summed E-state index contributed by atoms with van der Waals surface area (Å²) in [4.78, 5) is 13.8. The predicted molar refractivity (Wildman–Crippen MR) is 55.5 cm³/mol. The Kier molecular flexibility index (Phi) is 2.76. The molecular weight excluding hydrogens is 255 g/mol. The van der Waals surface area contributed by atoms with Crippen LogP contribution in [0.3, 0.4) is 0 Å². The average Bonchev–Trinajstić information content (AvgIpc) is 2.98. The summed E-state index contributed by atoms with van der Waals surface area (Å²) >= 11 is 5.50. The second-order valence-corrected chi connectivity index (χ2v) is 4.33. The van der Waals surface area contributed by atoms with Crippen LogP contribution >= 0.6 is 11.6 Å². The monoisotopic (exact) mass is 261 g/mol. The molecule has 0 amide bonds. The average molecular weight is 262 g/mol. The van der Waals surface area contributed by atoms with Crippen LogP contribution in [0.2, 0.25) is 5.02 Å². The van der Waals surface area contributed by atoms with E-state index in [1.165, 1.54) is 18.2 Å². The largest absolute Gasteiger partial charge is 0.417 e. The summed E-state index contributed by atoms with van der Waals surface area (Å²) < 4.78 is 37.9. The van der Waals surface area contributed by atoms with E-state index in [9.17, 15) is 18.0 Å². The standard InChI is InChI=1S/C11H7ClF3NO/c12-9-2-1-7(5-8(9)11(13,14)15)10(3-4-10)16-6-17/h1-2,5H,3-4H2. The van der Waals surface area contributed by atoms with Crippen LogP contribution in [-0.4, -0.2) is 6.08 Å². The fourth-order valence-corrected chi connectivity index (χ4v) is 1.93. The quantitative estimate of drug-likeness (QED) is 0.590. The Hall–Kier alpha value is -1.32. The van der Waals surface area contributed by atoms with E-state index in [-0.39, 0.29) is 5.02 Å². The molecular formula is C11H7ClF3NO. The summed E-state index contributed by atoms with van der Waals surface area (Å²) in [5.74, 6) is 0. The van der Waals surface area contributed by atoms with Crippen molar-refractivity contribution >= 4 is 17.7 Å². The van der Waals surface area contributed by atoms with Gasteiger partial charge in [-0.1, -0.05) is 17.7 Å². The highest BCUT2D eigenvalue weighted by atomic mass is 35.5. The molecule has 0 saturated heterocycles. The van der Waals surface area contributed by atoms with Crippen molar-refractivity contribution in [3.63, 3.8) is 0 Å².